The third-order valence-corrected chi connectivity index (χ3v) is 7.10. The van der Waals surface area contributed by atoms with Crippen LogP contribution in [-0.2, 0) is 14.8 Å². The van der Waals surface area contributed by atoms with E-state index >= 15 is 0 Å². The Morgan fingerprint density at radius 2 is 1.71 bits per heavy atom. The second kappa shape index (κ2) is 10.6. The largest absolute Gasteiger partial charge is 0.495 e. The number of rotatable bonds is 8. The molecule has 3 aromatic rings. The Kier molecular flexibility index (Phi) is 7.80. The second-order valence-electron chi connectivity index (χ2n) is 7.20. The third-order valence-electron chi connectivity index (χ3n) is 4.87. The molecular formula is C24H24ClN3O5S. The van der Waals surface area contributed by atoms with E-state index < -0.39 is 15.9 Å². The van der Waals surface area contributed by atoms with Gasteiger partial charge in [0.2, 0.25) is 5.91 Å². The van der Waals surface area contributed by atoms with Crippen LogP contribution in [0.3, 0.4) is 0 Å². The first-order chi connectivity index (χ1) is 16.2. The van der Waals surface area contributed by atoms with Crippen molar-refractivity contribution in [2.75, 3.05) is 28.6 Å². The smallest absolute Gasteiger partial charge is 0.264 e. The summed E-state index contributed by atoms with van der Waals surface area (Å²) in [4.78, 5) is 24.4. The van der Waals surface area contributed by atoms with Crippen molar-refractivity contribution in [3.8, 4) is 5.75 Å². The fourth-order valence-electron chi connectivity index (χ4n) is 3.33. The van der Waals surface area contributed by atoms with Gasteiger partial charge in [-0.15, -0.1) is 0 Å². The lowest BCUT2D eigenvalue weighted by Gasteiger charge is -2.23. The molecule has 0 fully saturated rings. The van der Waals surface area contributed by atoms with E-state index in [0.29, 0.717) is 17.1 Å². The van der Waals surface area contributed by atoms with Crippen LogP contribution in [0.4, 0.5) is 17.1 Å². The summed E-state index contributed by atoms with van der Waals surface area (Å²) in [7, 11) is -2.52. The van der Waals surface area contributed by atoms with Gasteiger partial charge < -0.3 is 15.4 Å². The molecule has 178 valence electrons. The van der Waals surface area contributed by atoms with Crippen LogP contribution in [0.15, 0.2) is 71.6 Å². The molecule has 2 amide bonds. The molecule has 8 nitrogen and oxygen atoms in total. The lowest BCUT2D eigenvalue weighted by atomic mass is 10.2. The normalized spacial score (nSPS) is 10.9. The maximum atomic E-state index is 13.3. The molecule has 0 saturated carbocycles. The Labute approximate surface area is 203 Å². The van der Waals surface area contributed by atoms with Crippen LogP contribution in [0.25, 0.3) is 0 Å². The predicted octanol–water partition coefficient (Wildman–Crippen LogP) is 4.77. The molecule has 0 aliphatic heterocycles. The van der Waals surface area contributed by atoms with Gasteiger partial charge in [-0.2, -0.15) is 0 Å². The van der Waals surface area contributed by atoms with Crippen molar-refractivity contribution in [3.05, 3.63) is 77.3 Å². The van der Waals surface area contributed by atoms with Crippen LogP contribution in [0.2, 0.25) is 5.02 Å². The monoisotopic (exact) mass is 501 g/mol. The number of amides is 2. The van der Waals surface area contributed by atoms with Crippen molar-refractivity contribution >= 4 is 50.5 Å². The van der Waals surface area contributed by atoms with E-state index in [9.17, 15) is 18.0 Å². The number of sulfonamides is 1. The van der Waals surface area contributed by atoms with Crippen molar-refractivity contribution in [2.45, 2.75) is 18.7 Å². The van der Waals surface area contributed by atoms with E-state index in [1.165, 1.54) is 42.6 Å². The number of nitrogens with one attached hydrogen (secondary N) is 2. The van der Waals surface area contributed by atoms with Gasteiger partial charge in [-0.25, -0.2) is 8.42 Å². The number of hydrogen-bond acceptors (Lipinski definition) is 5. The van der Waals surface area contributed by atoms with Crippen LogP contribution in [-0.4, -0.2) is 33.9 Å². The maximum Gasteiger partial charge on any atom is 0.264 e. The molecule has 0 unspecified atom stereocenters. The minimum Gasteiger partial charge on any atom is -0.495 e. The van der Waals surface area contributed by atoms with E-state index in [4.69, 9.17) is 16.3 Å². The SMILES string of the molecule is CCN(c1ccccc1)S(=O)(=O)c1ccc(Cl)c(C(=O)Nc2cc(NC(C)=O)ccc2OC)c1. The molecule has 0 radical (unpaired) electrons. The topological polar surface area (TPSA) is 105 Å². The second-order valence-corrected chi connectivity index (χ2v) is 9.47. The third kappa shape index (κ3) is 5.49. The zero-order valence-corrected chi connectivity index (χ0v) is 20.4. The molecule has 0 saturated heterocycles. The Morgan fingerprint density at radius 1 is 1.00 bits per heavy atom. The highest BCUT2D eigenvalue weighted by molar-refractivity contribution is 7.92. The molecule has 3 rings (SSSR count). The number of anilines is 3. The summed E-state index contributed by atoms with van der Waals surface area (Å²) in [6.45, 7) is 3.29. The summed E-state index contributed by atoms with van der Waals surface area (Å²) >= 11 is 6.25. The number of carbonyl (C=O) groups excluding carboxylic acids is 2. The highest BCUT2D eigenvalue weighted by Gasteiger charge is 2.26. The average molecular weight is 502 g/mol. The number of benzene rings is 3. The number of methoxy groups -OCH3 is 1. The van der Waals surface area contributed by atoms with Gasteiger partial charge in [0, 0.05) is 19.2 Å². The van der Waals surface area contributed by atoms with Crippen molar-refractivity contribution in [3.63, 3.8) is 0 Å². The standard InChI is InChI=1S/C24H24ClN3O5S/c1-4-28(18-8-6-5-7-9-18)34(31,32)19-11-12-21(25)20(15-19)24(30)27-22-14-17(26-16(2)29)10-13-23(22)33-3/h5-15H,4H2,1-3H3,(H,26,29)(H,27,30). The van der Waals surface area contributed by atoms with Gasteiger partial charge in [-0.1, -0.05) is 29.8 Å². The highest BCUT2D eigenvalue weighted by Crippen LogP contribution is 2.30. The number of hydrogen-bond donors (Lipinski definition) is 2. The van der Waals surface area contributed by atoms with Crippen molar-refractivity contribution < 1.29 is 22.7 Å². The molecule has 0 bridgehead atoms. The Balaban J connectivity index is 1.96. The van der Waals surface area contributed by atoms with Gasteiger partial charge in [0.05, 0.1) is 34.0 Å². The molecule has 0 spiro atoms. The van der Waals surface area contributed by atoms with Gasteiger partial charge in [-0.3, -0.25) is 13.9 Å². The zero-order valence-electron chi connectivity index (χ0n) is 18.8. The minimum atomic E-state index is -3.96. The molecule has 0 heterocycles. The lowest BCUT2D eigenvalue weighted by Crippen LogP contribution is -2.31. The van der Waals surface area contributed by atoms with Crippen molar-refractivity contribution in [1.29, 1.82) is 0 Å². The molecule has 0 aliphatic carbocycles. The van der Waals surface area contributed by atoms with E-state index in [-0.39, 0.29) is 33.6 Å². The van der Waals surface area contributed by atoms with Crippen molar-refractivity contribution in [1.82, 2.24) is 0 Å². The Hall–Kier alpha value is -3.56. The summed E-state index contributed by atoms with van der Waals surface area (Å²) < 4.78 is 33.2. The molecule has 10 heteroatoms. The first-order valence-corrected chi connectivity index (χ1v) is 12.1. The first kappa shape index (κ1) is 25.1. The van der Waals surface area contributed by atoms with Crippen LogP contribution in [0.1, 0.15) is 24.2 Å². The summed E-state index contributed by atoms with van der Waals surface area (Å²) in [5, 5.41) is 5.39. The van der Waals surface area contributed by atoms with E-state index in [0.717, 1.165) is 0 Å². The van der Waals surface area contributed by atoms with E-state index in [2.05, 4.69) is 10.6 Å². The summed E-state index contributed by atoms with van der Waals surface area (Å²) in [6.07, 6.45) is 0. The summed E-state index contributed by atoms with van der Waals surface area (Å²) in [5.41, 5.74) is 1.21. The number of nitrogens with zero attached hydrogens (tertiary/aromatic N) is 1. The molecule has 0 aromatic heterocycles. The Morgan fingerprint density at radius 3 is 2.32 bits per heavy atom. The summed E-state index contributed by atoms with van der Waals surface area (Å²) in [5.74, 6) is -0.561. The maximum absolute atomic E-state index is 13.3. The Bertz CT molecular complexity index is 1310. The lowest BCUT2D eigenvalue weighted by molar-refractivity contribution is -0.114. The number of ether oxygens (including phenoxy) is 1. The zero-order chi connectivity index (χ0) is 24.9. The van der Waals surface area contributed by atoms with Gasteiger partial charge in [-0.05, 0) is 55.5 Å². The van der Waals surface area contributed by atoms with Gasteiger partial charge in [0.15, 0.2) is 0 Å². The van der Waals surface area contributed by atoms with Crippen molar-refractivity contribution in [2.24, 2.45) is 0 Å². The van der Waals surface area contributed by atoms with Crippen LogP contribution < -0.4 is 19.7 Å². The predicted molar refractivity (Wildman–Crippen MR) is 133 cm³/mol. The van der Waals surface area contributed by atoms with E-state index in [1.54, 1.807) is 49.4 Å². The van der Waals surface area contributed by atoms with Crippen LogP contribution >= 0.6 is 11.6 Å². The van der Waals surface area contributed by atoms with Gasteiger partial charge in [0.1, 0.15) is 5.75 Å². The van der Waals surface area contributed by atoms with E-state index in [1.807, 2.05) is 0 Å². The fourth-order valence-corrected chi connectivity index (χ4v) is 5.03. The number of para-hydroxylation sites is 1. The fraction of sp³-hybridized carbons (Fsp3) is 0.167. The molecule has 3 aromatic carbocycles. The van der Waals surface area contributed by atoms with Crippen LogP contribution in [0, 0.1) is 0 Å². The molecule has 34 heavy (non-hydrogen) atoms. The quantitative estimate of drug-likeness (QED) is 0.462. The molecule has 2 N–H and O–H groups in total. The molecular weight excluding hydrogens is 478 g/mol. The average Bonchev–Trinajstić information content (AvgIpc) is 2.80. The van der Waals surface area contributed by atoms with Crippen LogP contribution in [0.5, 0.6) is 5.75 Å². The van der Waals surface area contributed by atoms with Gasteiger partial charge in [0.25, 0.3) is 15.9 Å². The summed E-state index contributed by atoms with van der Waals surface area (Å²) in [6, 6.07) is 17.4. The van der Waals surface area contributed by atoms with Gasteiger partial charge >= 0.3 is 0 Å². The molecule has 0 aliphatic rings. The number of carbonyl (C=O) groups is 2. The minimum absolute atomic E-state index is 0.0289. The number of halogens is 1. The first-order valence-electron chi connectivity index (χ1n) is 10.3. The molecule has 0 atom stereocenters. The highest BCUT2D eigenvalue weighted by atomic mass is 35.5.